The average molecular weight is 299 g/mol. The van der Waals surface area contributed by atoms with Crippen LogP contribution in [0.3, 0.4) is 0 Å². The number of fused-ring (bicyclic) bond motifs is 5. The van der Waals surface area contributed by atoms with Gasteiger partial charge in [0.25, 0.3) is 0 Å². The third-order valence-electron chi connectivity index (χ3n) is 8.67. The summed E-state index contributed by atoms with van der Waals surface area (Å²) >= 11 is 0. The molecule has 3 fully saturated rings. The zero-order valence-corrected chi connectivity index (χ0v) is 14.7. The molecule has 0 N–H and O–H groups in total. The maximum Gasteiger partial charge on any atom is -0.00853 e. The van der Waals surface area contributed by atoms with Crippen molar-refractivity contribution in [3.8, 4) is 0 Å². The van der Waals surface area contributed by atoms with Gasteiger partial charge >= 0.3 is 0 Å². The second kappa shape index (κ2) is 5.25. The first-order valence-corrected chi connectivity index (χ1v) is 9.90. The Morgan fingerprint density at radius 1 is 1.14 bits per heavy atom. The Hall–Kier alpha value is -0.520. The van der Waals surface area contributed by atoms with Crippen LogP contribution in [-0.2, 0) is 0 Å². The van der Waals surface area contributed by atoms with Gasteiger partial charge < -0.3 is 0 Å². The van der Waals surface area contributed by atoms with Crippen LogP contribution in [0, 0.1) is 34.5 Å². The molecule has 6 atom stereocenters. The van der Waals surface area contributed by atoms with Crippen molar-refractivity contribution < 1.29 is 0 Å². The molecule has 3 saturated carbocycles. The van der Waals surface area contributed by atoms with Crippen molar-refractivity contribution in [3.05, 3.63) is 24.3 Å². The molecule has 22 heavy (non-hydrogen) atoms. The van der Waals surface area contributed by atoms with Gasteiger partial charge in [-0.15, -0.1) is 6.58 Å². The first-order chi connectivity index (χ1) is 10.6. The molecular formula is C22H34. The SMILES string of the molecule is C=CCC1CCC2C3CC=C4CCCCC4(C)C3CCC12C. The topological polar surface area (TPSA) is 0 Å². The van der Waals surface area contributed by atoms with Crippen LogP contribution in [0.25, 0.3) is 0 Å². The summed E-state index contributed by atoms with van der Waals surface area (Å²) in [6.07, 6.45) is 19.3. The molecule has 4 aliphatic rings. The average Bonchev–Trinajstić information content (AvgIpc) is 2.84. The Morgan fingerprint density at radius 2 is 2.00 bits per heavy atom. The van der Waals surface area contributed by atoms with E-state index in [1.807, 2.05) is 5.57 Å². The molecule has 0 amide bonds. The fraction of sp³-hybridized carbons (Fsp3) is 0.818. The summed E-state index contributed by atoms with van der Waals surface area (Å²) in [4.78, 5) is 0. The Labute approximate surface area is 137 Å². The van der Waals surface area contributed by atoms with E-state index >= 15 is 0 Å². The van der Waals surface area contributed by atoms with Crippen molar-refractivity contribution >= 4 is 0 Å². The number of allylic oxidation sites excluding steroid dienone is 3. The van der Waals surface area contributed by atoms with E-state index in [4.69, 9.17) is 0 Å². The van der Waals surface area contributed by atoms with Crippen molar-refractivity contribution in [2.75, 3.05) is 0 Å². The molecule has 0 spiro atoms. The first-order valence-electron chi connectivity index (χ1n) is 9.90. The Morgan fingerprint density at radius 3 is 2.82 bits per heavy atom. The van der Waals surface area contributed by atoms with Crippen LogP contribution in [0.5, 0.6) is 0 Å². The minimum atomic E-state index is 0.568. The van der Waals surface area contributed by atoms with Gasteiger partial charge in [0.05, 0.1) is 0 Å². The minimum absolute atomic E-state index is 0.568. The van der Waals surface area contributed by atoms with Crippen molar-refractivity contribution in [1.82, 2.24) is 0 Å². The molecule has 0 aromatic rings. The molecule has 0 saturated heterocycles. The van der Waals surface area contributed by atoms with Gasteiger partial charge in [0.1, 0.15) is 0 Å². The molecule has 6 unspecified atom stereocenters. The number of rotatable bonds is 2. The smallest absolute Gasteiger partial charge is 0.00853 e. The van der Waals surface area contributed by atoms with Gasteiger partial charge in [-0.25, -0.2) is 0 Å². The van der Waals surface area contributed by atoms with Gasteiger partial charge in [0.2, 0.25) is 0 Å². The molecule has 0 aromatic heterocycles. The molecule has 0 aliphatic heterocycles. The van der Waals surface area contributed by atoms with E-state index in [0.29, 0.717) is 10.8 Å². The van der Waals surface area contributed by atoms with Gasteiger partial charge in [-0.05, 0) is 92.3 Å². The second-order valence-corrected chi connectivity index (χ2v) is 9.31. The fourth-order valence-corrected chi connectivity index (χ4v) is 7.40. The highest BCUT2D eigenvalue weighted by Crippen LogP contribution is 2.66. The molecule has 0 heterocycles. The summed E-state index contributed by atoms with van der Waals surface area (Å²) in [5, 5.41) is 0. The van der Waals surface area contributed by atoms with Gasteiger partial charge in [-0.3, -0.25) is 0 Å². The third kappa shape index (κ3) is 1.95. The first kappa shape index (κ1) is 15.0. The summed E-state index contributed by atoms with van der Waals surface area (Å²) in [7, 11) is 0. The lowest BCUT2D eigenvalue weighted by Gasteiger charge is -2.57. The zero-order valence-electron chi connectivity index (χ0n) is 14.7. The summed E-state index contributed by atoms with van der Waals surface area (Å²) < 4.78 is 0. The van der Waals surface area contributed by atoms with Crippen LogP contribution in [0.15, 0.2) is 24.3 Å². The van der Waals surface area contributed by atoms with E-state index in [1.165, 1.54) is 64.2 Å². The van der Waals surface area contributed by atoms with Crippen LogP contribution in [0.2, 0.25) is 0 Å². The predicted octanol–water partition coefficient (Wildman–Crippen LogP) is 6.53. The van der Waals surface area contributed by atoms with Crippen molar-refractivity contribution in [1.29, 1.82) is 0 Å². The number of hydrogen-bond donors (Lipinski definition) is 0. The molecule has 122 valence electrons. The molecule has 0 bridgehead atoms. The highest BCUT2D eigenvalue weighted by atomic mass is 14.6. The standard InChI is InChI=1S/C22H34/c1-4-7-16-10-12-19-18-11-9-17-8-5-6-14-21(17,2)20(18)13-15-22(16,19)3/h4,9,16,18-20H,1,5-8,10-15H2,2-3H3. The minimum Gasteiger partial charge on any atom is -0.103 e. The van der Waals surface area contributed by atoms with Gasteiger partial charge in [-0.1, -0.05) is 38.0 Å². The van der Waals surface area contributed by atoms with Crippen LogP contribution in [-0.4, -0.2) is 0 Å². The van der Waals surface area contributed by atoms with Crippen LogP contribution in [0.4, 0.5) is 0 Å². The van der Waals surface area contributed by atoms with E-state index in [1.54, 1.807) is 0 Å². The summed E-state index contributed by atoms with van der Waals surface area (Å²) in [5.74, 6) is 3.89. The lowest BCUT2D eigenvalue weighted by atomic mass is 9.47. The number of hydrogen-bond acceptors (Lipinski definition) is 0. The lowest BCUT2D eigenvalue weighted by Crippen LogP contribution is -2.49. The molecule has 0 aromatic carbocycles. The van der Waals surface area contributed by atoms with Crippen LogP contribution in [0.1, 0.15) is 78.1 Å². The van der Waals surface area contributed by atoms with Crippen LogP contribution < -0.4 is 0 Å². The van der Waals surface area contributed by atoms with E-state index in [-0.39, 0.29) is 0 Å². The predicted molar refractivity (Wildman–Crippen MR) is 94.6 cm³/mol. The molecule has 0 radical (unpaired) electrons. The molecular weight excluding hydrogens is 264 g/mol. The van der Waals surface area contributed by atoms with Gasteiger partial charge in [-0.2, -0.15) is 0 Å². The highest BCUT2D eigenvalue weighted by molar-refractivity contribution is 5.24. The van der Waals surface area contributed by atoms with E-state index in [2.05, 4.69) is 32.6 Å². The molecule has 0 nitrogen and oxygen atoms in total. The van der Waals surface area contributed by atoms with Crippen molar-refractivity contribution in [2.24, 2.45) is 34.5 Å². The van der Waals surface area contributed by atoms with Crippen molar-refractivity contribution in [3.63, 3.8) is 0 Å². The van der Waals surface area contributed by atoms with E-state index < -0.39 is 0 Å². The Kier molecular flexibility index (Phi) is 3.59. The summed E-state index contributed by atoms with van der Waals surface area (Å²) in [6, 6.07) is 0. The second-order valence-electron chi connectivity index (χ2n) is 9.31. The van der Waals surface area contributed by atoms with E-state index in [0.717, 1.165) is 23.7 Å². The molecule has 4 rings (SSSR count). The highest BCUT2D eigenvalue weighted by Gasteiger charge is 2.57. The lowest BCUT2D eigenvalue weighted by molar-refractivity contribution is -0.0406. The van der Waals surface area contributed by atoms with Gasteiger partial charge in [0, 0.05) is 0 Å². The van der Waals surface area contributed by atoms with Gasteiger partial charge in [0.15, 0.2) is 0 Å². The molecule has 4 aliphatic carbocycles. The monoisotopic (exact) mass is 298 g/mol. The normalized spacial score (nSPS) is 50.5. The maximum atomic E-state index is 4.03. The van der Waals surface area contributed by atoms with Crippen molar-refractivity contribution in [2.45, 2.75) is 78.1 Å². The van der Waals surface area contributed by atoms with E-state index in [9.17, 15) is 0 Å². The third-order valence-corrected chi connectivity index (χ3v) is 8.67. The largest absolute Gasteiger partial charge is 0.103 e. The quantitative estimate of drug-likeness (QED) is 0.508. The summed E-state index contributed by atoms with van der Waals surface area (Å²) in [6.45, 7) is 9.30. The van der Waals surface area contributed by atoms with Crippen LogP contribution >= 0.6 is 0 Å². The molecule has 0 heteroatoms. The Bertz CT molecular complexity index is 486. The maximum absolute atomic E-state index is 4.03. The summed E-state index contributed by atoms with van der Waals surface area (Å²) in [5.41, 5.74) is 3.04. The Balaban J connectivity index is 1.65. The fourth-order valence-electron chi connectivity index (χ4n) is 7.40. The zero-order chi connectivity index (χ0) is 15.4.